The maximum atomic E-state index is 4.75. The summed E-state index contributed by atoms with van der Waals surface area (Å²) in [4.78, 5) is 4.75. The molecule has 154 valence electrons. The predicted molar refractivity (Wildman–Crippen MR) is 129 cm³/mol. The van der Waals surface area contributed by atoms with E-state index in [1.54, 1.807) is 0 Å². The number of nitrogens with zero attached hydrogens (tertiary/aromatic N) is 3. The van der Waals surface area contributed by atoms with Crippen LogP contribution >= 0.6 is 11.3 Å². The highest BCUT2D eigenvalue weighted by Crippen LogP contribution is 2.44. The van der Waals surface area contributed by atoms with Crippen LogP contribution in [0, 0.1) is 0 Å². The molecule has 0 bridgehead atoms. The Balaban J connectivity index is 1.75. The van der Waals surface area contributed by atoms with Gasteiger partial charge in [-0.1, -0.05) is 45.9 Å². The summed E-state index contributed by atoms with van der Waals surface area (Å²) in [6, 6.07) is 15.5. The lowest BCUT2D eigenvalue weighted by Crippen LogP contribution is -2.30. The molecular weight excluding hydrogens is 398 g/mol. The number of hydrogen-bond donors (Lipinski definition) is 0. The second kappa shape index (κ2) is 6.76. The van der Waals surface area contributed by atoms with Crippen LogP contribution in [-0.4, -0.2) is 9.55 Å². The van der Waals surface area contributed by atoms with Crippen molar-refractivity contribution in [3.05, 3.63) is 77.7 Å². The van der Waals surface area contributed by atoms with Gasteiger partial charge in [-0.05, 0) is 36.1 Å². The lowest BCUT2D eigenvalue weighted by molar-refractivity contribution is -0.671. The third kappa shape index (κ3) is 2.64. The predicted octanol–water partition coefficient (Wildman–Crippen LogP) is 6.80. The van der Waals surface area contributed by atoms with Gasteiger partial charge in [0.15, 0.2) is 0 Å². The van der Waals surface area contributed by atoms with Gasteiger partial charge in [-0.15, -0.1) is 11.3 Å². The minimum Gasteiger partial charge on any atom is -0.255 e. The first-order chi connectivity index (χ1) is 15.0. The zero-order valence-corrected chi connectivity index (χ0v) is 19.2. The minimum atomic E-state index is 0.406. The van der Waals surface area contributed by atoms with E-state index >= 15 is 0 Å². The first kappa shape index (κ1) is 18.8. The van der Waals surface area contributed by atoms with Crippen LogP contribution in [0.25, 0.3) is 37.4 Å². The zero-order valence-electron chi connectivity index (χ0n) is 18.4. The Morgan fingerprint density at radius 1 is 1.03 bits per heavy atom. The molecule has 0 saturated carbocycles. The second-order valence-electron chi connectivity index (χ2n) is 9.14. The number of aromatic nitrogens is 3. The number of rotatable bonds is 3. The van der Waals surface area contributed by atoms with Crippen LogP contribution in [0.3, 0.4) is 0 Å². The summed E-state index contributed by atoms with van der Waals surface area (Å²) >= 11 is 1.88. The summed E-state index contributed by atoms with van der Waals surface area (Å²) in [5.41, 5.74) is 8.06. The van der Waals surface area contributed by atoms with Crippen LogP contribution < -0.4 is 4.57 Å². The molecule has 0 aliphatic carbocycles. The molecule has 0 saturated heterocycles. The Kier molecular flexibility index (Phi) is 4.09. The molecule has 3 aromatic heterocycles. The molecule has 6 rings (SSSR count). The molecule has 0 N–H and O–H groups in total. The highest BCUT2D eigenvalue weighted by atomic mass is 32.1. The van der Waals surface area contributed by atoms with Crippen LogP contribution in [0.2, 0.25) is 0 Å². The van der Waals surface area contributed by atoms with Gasteiger partial charge in [0.2, 0.25) is 0 Å². The Labute approximate surface area is 186 Å². The topological polar surface area (TPSA) is 21.7 Å². The van der Waals surface area contributed by atoms with Crippen molar-refractivity contribution in [2.75, 3.05) is 0 Å². The lowest BCUT2D eigenvalue weighted by Gasteiger charge is -2.19. The van der Waals surface area contributed by atoms with Gasteiger partial charge < -0.3 is 0 Å². The number of imidazole rings is 1. The Morgan fingerprint density at radius 3 is 2.68 bits per heavy atom. The van der Waals surface area contributed by atoms with Crippen molar-refractivity contribution in [1.82, 2.24) is 9.55 Å². The fraction of sp³-hybridized carbons (Fsp3) is 0.259. The van der Waals surface area contributed by atoms with E-state index in [0.717, 1.165) is 12.1 Å². The van der Waals surface area contributed by atoms with Crippen LogP contribution in [-0.2, 0) is 6.54 Å². The molecule has 0 radical (unpaired) electrons. The third-order valence-electron chi connectivity index (χ3n) is 6.49. The Bertz CT molecular complexity index is 1470. The van der Waals surface area contributed by atoms with Gasteiger partial charge in [-0.2, -0.15) is 4.57 Å². The van der Waals surface area contributed by atoms with Crippen molar-refractivity contribution >= 4 is 31.6 Å². The average Bonchev–Trinajstić information content (AvgIpc) is 3.43. The summed E-state index contributed by atoms with van der Waals surface area (Å²) in [5.74, 6) is 2.11. The molecular formula is C27H26N3S+. The number of benzene rings is 2. The molecule has 4 heteroatoms. The fourth-order valence-electron chi connectivity index (χ4n) is 5.09. The van der Waals surface area contributed by atoms with E-state index in [1.165, 1.54) is 48.6 Å². The molecule has 0 spiro atoms. The van der Waals surface area contributed by atoms with Crippen LogP contribution in [0.4, 0.5) is 0 Å². The molecule has 0 unspecified atom stereocenters. The first-order valence-electron chi connectivity index (χ1n) is 11.1. The number of hydrogen-bond acceptors (Lipinski definition) is 2. The summed E-state index contributed by atoms with van der Waals surface area (Å²) in [5, 5.41) is 1.30. The van der Waals surface area contributed by atoms with Gasteiger partial charge in [0.1, 0.15) is 24.6 Å². The maximum absolute atomic E-state index is 4.75. The van der Waals surface area contributed by atoms with E-state index in [9.17, 15) is 0 Å². The number of pyridine rings is 1. The number of thiophene rings is 1. The molecule has 0 atom stereocenters. The van der Waals surface area contributed by atoms with Crippen LogP contribution in [0.1, 0.15) is 56.2 Å². The van der Waals surface area contributed by atoms with E-state index in [4.69, 9.17) is 4.98 Å². The van der Waals surface area contributed by atoms with Crippen molar-refractivity contribution in [1.29, 1.82) is 0 Å². The van der Waals surface area contributed by atoms with E-state index in [0.29, 0.717) is 11.8 Å². The zero-order chi connectivity index (χ0) is 21.3. The largest absolute Gasteiger partial charge is 0.294 e. The van der Waals surface area contributed by atoms with Crippen LogP contribution in [0.5, 0.6) is 0 Å². The van der Waals surface area contributed by atoms with Crippen molar-refractivity contribution < 1.29 is 4.57 Å². The standard InChI is InChI=1S/C27H26N3S/c1-16(2)20-14-21-24-22(10-7-11-28-24)31-26(21)23(17(3)4)25(20)30-13-12-29-15-18-8-5-6-9-19(18)27(29)30/h5-14,16-17H,15H2,1-4H3/q+1. The van der Waals surface area contributed by atoms with Gasteiger partial charge in [0, 0.05) is 33.0 Å². The molecule has 2 aromatic carbocycles. The van der Waals surface area contributed by atoms with E-state index in [2.05, 4.69) is 85.6 Å². The quantitative estimate of drug-likeness (QED) is 0.286. The van der Waals surface area contributed by atoms with Gasteiger partial charge in [-0.25, -0.2) is 4.57 Å². The molecule has 1 aliphatic heterocycles. The van der Waals surface area contributed by atoms with E-state index in [-0.39, 0.29) is 0 Å². The monoisotopic (exact) mass is 424 g/mol. The van der Waals surface area contributed by atoms with Crippen molar-refractivity contribution in [2.45, 2.75) is 46.1 Å². The second-order valence-corrected chi connectivity index (χ2v) is 10.2. The minimum absolute atomic E-state index is 0.406. The molecule has 0 amide bonds. The average molecular weight is 425 g/mol. The summed E-state index contributed by atoms with van der Waals surface area (Å²) in [6.07, 6.45) is 6.41. The first-order valence-corrected chi connectivity index (χ1v) is 11.9. The molecule has 3 nitrogen and oxygen atoms in total. The van der Waals surface area contributed by atoms with Gasteiger partial charge in [-0.3, -0.25) is 4.98 Å². The van der Waals surface area contributed by atoms with Crippen molar-refractivity contribution in [3.63, 3.8) is 0 Å². The molecule has 0 fully saturated rings. The molecule has 1 aliphatic rings. The van der Waals surface area contributed by atoms with Crippen molar-refractivity contribution in [3.8, 4) is 17.1 Å². The van der Waals surface area contributed by atoms with Crippen LogP contribution in [0.15, 0.2) is 61.1 Å². The van der Waals surface area contributed by atoms with Gasteiger partial charge in [0.25, 0.3) is 5.82 Å². The molecule has 4 heterocycles. The number of fused-ring (bicyclic) bond motifs is 6. The molecule has 31 heavy (non-hydrogen) atoms. The highest BCUT2D eigenvalue weighted by Gasteiger charge is 2.33. The summed E-state index contributed by atoms with van der Waals surface area (Å²) in [7, 11) is 0. The molecule has 5 aromatic rings. The summed E-state index contributed by atoms with van der Waals surface area (Å²) < 4.78 is 7.48. The Morgan fingerprint density at radius 2 is 1.87 bits per heavy atom. The highest BCUT2D eigenvalue weighted by molar-refractivity contribution is 7.26. The lowest BCUT2D eigenvalue weighted by atomic mass is 9.90. The van der Waals surface area contributed by atoms with E-state index in [1.807, 2.05) is 23.6 Å². The normalized spacial score (nSPS) is 13.0. The smallest absolute Gasteiger partial charge is 0.255 e. The SMILES string of the molecule is CC(C)c1cc2c(sc3cccnc32)c(C(C)C)c1-n1cc[n+]2c1-c1ccccc1C2. The van der Waals surface area contributed by atoms with Gasteiger partial charge >= 0.3 is 0 Å². The van der Waals surface area contributed by atoms with E-state index < -0.39 is 0 Å². The fourth-order valence-corrected chi connectivity index (χ4v) is 6.43. The third-order valence-corrected chi connectivity index (χ3v) is 7.68. The Hall–Kier alpha value is -2.98. The summed E-state index contributed by atoms with van der Waals surface area (Å²) in [6.45, 7) is 10.2. The van der Waals surface area contributed by atoms with Gasteiger partial charge in [0.05, 0.1) is 15.8 Å². The van der Waals surface area contributed by atoms with Crippen molar-refractivity contribution in [2.24, 2.45) is 0 Å². The maximum Gasteiger partial charge on any atom is 0.294 e.